The van der Waals surface area contributed by atoms with Crippen LogP contribution in [0, 0.1) is 0 Å². The third kappa shape index (κ3) is 8.09. The highest BCUT2D eigenvalue weighted by Crippen LogP contribution is 2.33. The number of phenols is 1. The number of carbonyl (C=O) groups excluding carboxylic acids is 1. The number of rotatable bonds is 17. The van der Waals surface area contributed by atoms with Crippen molar-refractivity contribution < 1.29 is 43.5 Å². The van der Waals surface area contributed by atoms with Gasteiger partial charge in [-0.3, -0.25) is 4.79 Å². The van der Waals surface area contributed by atoms with Crippen molar-refractivity contribution in [2.45, 2.75) is 26.7 Å². The van der Waals surface area contributed by atoms with Crippen LogP contribution in [0.2, 0.25) is 0 Å². The first-order chi connectivity index (χ1) is 18.4. The summed E-state index contributed by atoms with van der Waals surface area (Å²) in [5.41, 5.74) is 0.937. The van der Waals surface area contributed by atoms with Crippen molar-refractivity contribution in [3.05, 3.63) is 59.7 Å². The fourth-order valence-corrected chi connectivity index (χ4v) is 3.92. The van der Waals surface area contributed by atoms with Crippen LogP contribution in [0.4, 0.5) is 0 Å². The normalized spacial score (nSPS) is 10.9. The first-order valence-electron chi connectivity index (χ1n) is 12.6. The van der Waals surface area contributed by atoms with Crippen LogP contribution >= 0.6 is 0 Å². The number of carboxylic acid groups (broad SMARTS) is 1. The molecule has 0 saturated heterocycles. The highest BCUT2D eigenvalue weighted by atomic mass is 16.6. The maximum atomic E-state index is 11.7. The van der Waals surface area contributed by atoms with E-state index >= 15 is 0 Å². The Morgan fingerprint density at radius 2 is 1.29 bits per heavy atom. The molecule has 0 spiro atoms. The Kier molecular flexibility index (Phi) is 11.2. The summed E-state index contributed by atoms with van der Waals surface area (Å²) in [6.07, 6.45) is 1.42. The summed E-state index contributed by atoms with van der Waals surface area (Å²) >= 11 is 0. The average molecular weight is 527 g/mol. The fourth-order valence-electron chi connectivity index (χ4n) is 3.92. The molecular weight excluding hydrogens is 492 g/mol. The lowest BCUT2D eigenvalue weighted by molar-refractivity contribution is -0.139. The van der Waals surface area contributed by atoms with E-state index in [0.717, 1.165) is 17.2 Å². The topological polar surface area (TPSA) is 121 Å². The lowest BCUT2D eigenvalue weighted by Gasteiger charge is -2.15. The molecule has 0 bridgehead atoms. The first kappa shape index (κ1) is 28.7. The van der Waals surface area contributed by atoms with Crippen molar-refractivity contribution in [3.8, 4) is 23.0 Å². The maximum Gasteiger partial charge on any atom is 0.341 e. The van der Waals surface area contributed by atoms with Gasteiger partial charge >= 0.3 is 5.97 Å². The summed E-state index contributed by atoms with van der Waals surface area (Å²) in [6, 6.07) is 14.2. The molecule has 0 aliphatic heterocycles. The Morgan fingerprint density at radius 1 is 0.737 bits per heavy atom. The highest BCUT2D eigenvalue weighted by molar-refractivity contribution is 5.97. The van der Waals surface area contributed by atoms with Crippen LogP contribution in [0.5, 0.6) is 23.0 Å². The molecule has 0 saturated carbocycles. The molecule has 0 radical (unpaired) electrons. The summed E-state index contributed by atoms with van der Waals surface area (Å²) in [5.74, 6) is 0.465. The number of fused-ring (bicyclic) bond motifs is 1. The van der Waals surface area contributed by atoms with E-state index in [1.54, 1.807) is 24.3 Å². The number of Topliss-reactive ketones (excluding diaryl/α,β-unsaturated/α-hetero) is 1. The van der Waals surface area contributed by atoms with E-state index < -0.39 is 12.6 Å². The van der Waals surface area contributed by atoms with Gasteiger partial charge in [0.1, 0.15) is 36.2 Å². The largest absolute Gasteiger partial charge is 0.507 e. The zero-order valence-corrected chi connectivity index (χ0v) is 21.7. The van der Waals surface area contributed by atoms with Crippen LogP contribution in [0.25, 0.3) is 10.8 Å². The Balaban J connectivity index is 1.35. The van der Waals surface area contributed by atoms with Gasteiger partial charge in [-0.25, -0.2) is 4.79 Å². The molecular formula is C29H34O9. The van der Waals surface area contributed by atoms with Gasteiger partial charge in [0.05, 0.1) is 32.0 Å². The Bertz CT molecular complexity index is 1220. The van der Waals surface area contributed by atoms with Gasteiger partial charge in [0.15, 0.2) is 12.4 Å². The lowest BCUT2D eigenvalue weighted by atomic mass is 10.0. The molecule has 9 heteroatoms. The number of hydrogen-bond acceptors (Lipinski definition) is 8. The number of carboxylic acids is 1. The summed E-state index contributed by atoms with van der Waals surface area (Å²) in [7, 11) is 0. The molecule has 2 N–H and O–H groups in total. The SMILES string of the molecule is CCCc1c(OCCOCCOCCOc2cccc3c(OCC(=O)O)cccc23)ccc(C(C)=O)c1O. The van der Waals surface area contributed by atoms with E-state index in [2.05, 4.69) is 0 Å². The van der Waals surface area contributed by atoms with Gasteiger partial charge in [-0.1, -0.05) is 37.6 Å². The number of benzene rings is 3. The van der Waals surface area contributed by atoms with Gasteiger partial charge < -0.3 is 33.9 Å². The third-order valence-corrected chi connectivity index (χ3v) is 5.65. The number of hydrogen-bond donors (Lipinski definition) is 2. The molecule has 0 atom stereocenters. The number of carbonyl (C=O) groups is 2. The third-order valence-electron chi connectivity index (χ3n) is 5.65. The molecule has 0 unspecified atom stereocenters. The van der Waals surface area contributed by atoms with Crippen molar-refractivity contribution in [2.24, 2.45) is 0 Å². The van der Waals surface area contributed by atoms with E-state index in [0.29, 0.717) is 74.4 Å². The second kappa shape index (κ2) is 14.8. The minimum Gasteiger partial charge on any atom is -0.507 e. The molecule has 0 heterocycles. The molecule has 9 nitrogen and oxygen atoms in total. The van der Waals surface area contributed by atoms with Crippen molar-refractivity contribution >= 4 is 22.5 Å². The van der Waals surface area contributed by atoms with Crippen LogP contribution in [-0.4, -0.2) is 68.2 Å². The predicted molar refractivity (Wildman–Crippen MR) is 142 cm³/mol. The van der Waals surface area contributed by atoms with Crippen molar-refractivity contribution in [1.82, 2.24) is 0 Å². The van der Waals surface area contributed by atoms with Gasteiger partial charge in [0.25, 0.3) is 0 Å². The Labute approximate surface area is 221 Å². The summed E-state index contributed by atoms with van der Waals surface area (Å²) < 4.78 is 28.1. The fraction of sp³-hybridized carbons (Fsp3) is 0.379. The number of aromatic hydroxyl groups is 1. The second-order valence-corrected chi connectivity index (χ2v) is 8.46. The molecule has 3 aromatic carbocycles. The zero-order chi connectivity index (χ0) is 27.3. The predicted octanol–water partition coefficient (Wildman–Crippen LogP) is 4.65. The Morgan fingerprint density at radius 3 is 1.84 bits per heavy atom. The molecule has 3 rings (SSSR count). The molecule has 0 fully saturated rings. The van der Waals surface area contributed by atoms with Crippen molar-refractivity contribution in [3.63, 3.8) is 0 Å². The number of ether oxygens (including phenoxy) is 5. The van der Waals surface area contributed by atoms with Crippen LogP contribution in [0.1, 0.15) is 36.2 Å². The molecule has 0 aromatic heterocycles. The first-order valence-corrected chi connectivity index (χ1v) is 12.6. The molecule has 0 aliphatic carbocycles. The number of aliphatic carboxylic acids is 1. The maximum absolute atomic E-state index is 11.7. The van der Waals surface area contributed by atoms with E-state index in [9.17, 15) is 14.7 Å². The molecule has 38 heavy (non-hydrogen) atoms. The number of ketones is 1. The van der Waals surface area contributed by atoms with Crippen LogP contribution in [0.3, 0.4) is 0 Å². The monoisotopic (exact) mass is 526 g/mol. The summed E-state index contributed by atoms with van der Waals surface area (Å²) in [4.78, 5) is 22.5. The van der Waals surface area contributed by atoms with E-state index in [1.807, 2.05) is 31.2 Å². The van der Waals surface area contributed by atoms with Gasteiger partial charge in [0, 0.05) is 16.3 Å². The standard InChI is InChI=1S/C29H34O9/c1-3-6-24-27(12-11-21(20(2)30)29(24)33)37-18-16-35-14-13-34-15-17-36-25-9-4-8-23-22(25)7-5-10-26(23)38-19-28(31)32/h4-5,7-12,33H,3,6,13-19H2,1-2H3,(H,31,32). The van der Waals surface area contributed by atoms with E-state index in [-0.39, 0.29) is 11.5 Å². The lowest BCUT2D eigenvalue weighted by Crippen LogP contribution is -2.14. The van der Waals surface area contributed by atoms with Gasteiger partial charge in [0.2, 0.25) is 0 Å². The molecule has 204 valence electrons. The Hall–Kier alpha value is -3.82. The molecule has 3 aromatic rings. The highest BCUT2D eigenvalue weighted by Gasteiger charge is 2.16. The van der Waals surface area contributed by atoms with Gasteiger partial charge in [-0.15, -0.1) is 0 Å². The second-order valence-electron chi connectivity index (χ2n) is 8.46. The summed E-state index contributed by atoms with van der Waals surface area (Å²) in [6.45, 7) is 5.14. The average Bonchev–Trinajstić information content (AvgIpc) is 2.90. The van der Waals surface area contributed by atoms with Gasteiger partial charge in [-0.2, -0.15) is 0 Å². The van der Waals surface area contributed by atoms with Crippen LogP contribution < -0.4 is 14.2 Å². The smallest absolute Gasteiger partial charge is 0.341 e. The minimum atomic E-state index is -1.04. The van der Waals surface area contributed by atoms with Gasteiger partial charge in [-0.05, 0) is 37.6 Å². The zero-order valence-electron chi connectivity index (χ0n) is 21.7. The summed E-state index contributed by atoms with van der Waals surface area (Å²) in [5, 5.41) is 20.9. The van der Waals surface area contributed by atoms with Crippen molar-refractivity contribution in [1.29, 1.82) is 0 Å². The van der Waals surface area contributed by atoms with Crippen molar-refractivity contribution in [2.75, 3.05) is 46.2 Å². The van der Waals surface area contributed by atoms with E-state index in [4.69, 9.17) is 28.8 Å². The molecule has 0 amide bonds. The van der Waals surface area contributed by atoms with Crippen LogP contribution in [-0.2, 0) is 20.7 Å². The molecule has 0 aliphatic rings. The minimum absolute atomic E-state index is 0.0103. The van der Waals surface area contributed by atoms with Crippen LogP contribution in [0.15, 0.2) is 48.5 Å². The van der Waals surface area contributed by atoms with E-state index in [1.165, 1.54) is 6.92 Å². The quantitative estimate of drug-likeness (QED) is 0.191. The number of phenolic OH excluding ortho intramolecular Hbond substituents is 1.